The third-order valence-electron chi connectivity index (χ3n) is 4.53. The summed E-state index contributed by atoms with van der Waals surface area (Å²) in [6, 6.07) is 15.6. The molecule has 2 aromatic rings. The normalized spacial score (nSPS) is 27.5. The molecule has 21 heavy (non-hydrogen) atoms. The van der Waals surface area contributed by atoms with E-state index in [1.54, 1.807) is 0 Å². The number of fused-ring (bicyclic) bond motifs is 2. The molecule has 3 heterocycles. The van der Waals surface area contributed by atoms with Crippen LogP contribution >= 0.6 is 0 Å². The maximum atomic E-state index is 6.22. The number of rotatable bonds is 3. The SMILES string of the molecule is c1ccc(-c2cc(OC3CC4CCC(C3)N4)ccn2)cc1. The molecule has 2 atom stereocenters. The van der Waals surface area contributed by atoms with Crippen LogP contribution in [0.5, 0.6) is 5.75 Å². The summed E-state index contributed by atoms with van der Waals surface area (Å²) in [6.07, 6.45) is 7.04. The van der Waals surface area contributed by atoms with E-state index in [-0.39, 0.29) is 0 Å². The number of hydrogen-bond acceptors (Lipinski definition) is 3. The predicted octanol–water partition coefficient (Wildman–Crippen LogP) is 3.41. The fourth-order valence-corrected chi connectivity index (χ4v) is 3.54. The van der Waals surface area contributed by atoms with Crippen LogP contribution in [0.3, 0.4) is 0 Å². The Balaban J connectivity index is 1.51. The smallest absolute Gasteiger partial charge is 0.123 e. The van der Waals surface area contributed by atoms with E-state index in [4.69, 9.17) is 4.74 Å². The van der Waals surface area contributed by atoms with Crippen molar-refractivity contribution in [2.45, 2.75) is 43.9 Å². The Bertz CT molecular complexity index is 602. The summed E-state index contributed by atoms with van der Waals surface area (Å²) < 4.78 is 6.22. The number of pyridine rings is 1. The second kappa shape index (κ2) is 5.49. The summed E-state index contributed by atoms with van der Waals surface area (Å²) in [4.78, 5) is 4.45. The molecule has 2 saturated heterocycles. The highest BCUT2D eigenvalue weighted by atomic mass is 16.5. The lowest BCUT2D eigenvalue weighted by molar-refractivity contribution is 0.137. The van der Waals surface area contributed by atoms with Gasteiger partial charge in [0, 0.05) is 29.9 Å². The fraction of sp³-hybridized carbons (Fsp3) is 0.389. The molecule has 2 unspecified atom stereocenters. The molecular formula is C18H20N2O. The van der Waals surface area contributed by atoms with E-state index < -0.39 is 0 Å². The van der Waals surface area contributed by atoms with Crippen LogP contribution in [0.15, 0.2) is 48.7 Å². The van der Waals surface area contributed by atoms with Gasteiger partial charge in [0.25, 0.3) is 0 Å². The van der Waals surface area contributed by atoms with Gasteiger partial charge in [-0.3, -0.25) is 4.98 Å². The first-order valence-corrected chi connectivity index (χ1v) is 7.81. The molecule has 0 radical (unpaired) electrons. The molecule has 3 nitrogen and oxygen atoms in total. The van der Waals surface area contributed by atoms with Crippen LogP contribution in [-0.4, -0.2) is 23.2 Å². The summed E-state index contributed by atoms with van der Waals surface area (Å²) in [6.45, 7) is 0. The lowest BCUT2D eigenvalue weighted by Crippen LogP contribution is -2.42. The Morgan fingerprint density at radius 1 is 1.00 bits per heavy atom. The molecule has 2 fully saturated rings. The van der Waals surface area contributed by atoms with Crippen molar-refractivity contribution in [3.63, 3.8) is 0 Å². The monoisotopic (exact) mass is 280 g/mol. The fourth-order valence-electron chi connectivity index (χ4n) is 3.54. The first-order chi connectivity index (χ1) is 10.4. The largest absolute Gasteiger partial charge is 0.490 e. The van der Waals surface area contributed by atoms with E-state index in [9.17, 15) is 0 Å². The standard InChI is InChI=1S/C18H20N2O/c1-2-4-13(5-3-1)18-12-16(8-9-19-18)21-17-10-14-6-7-15(11-17)20-14/h1-5,8-9,12,14-15,17,20H,6-7,10-11H2. The number of nitrogens with one attached hydrogen (secondary N) is 1. The Kier molecular flexibility index (Phi) is 3.36. The second-order valence-electron chi connectivity index (χ2n) is 6.09. The molecule has 4 rings (SSSR count). The Morgan fingerprint density at radius 2 is 1.76 bits per heavy atom. The zero-order chi connectivity index (χ0) is 14.1. The van der Waals surface area contributed by atoms with Gasteiger partial charge in [0.2, 0.25) is 0 Å². The van der Waals surface area contributed by atoms with Crippen LogP contribution in [0, 0.1) is 0 Å². The zero-order valence-electron chi connectivity index (χ0n) is 12.0. The maximum Gasteiger partial charge on any atom is 0.123 e. The predicted molar refractivity (Wildman–Crippen MR) is 83.3 cm³/mol. The second-order valence-corrected chi connectivity index (χ2v) is 6.09. The van der Waals surface area contributed by atoms with E-state index in [1.807, 2.05) is 30.5 Å². The average Bonchev–Trinajstić information content (AvgIpc) is 2.87. The molecule has 0 saturated carbocycles. The van der Waals surface area contributed by atoms with Crippen molar-refractivity contribution in [1.29, 1.82) is 0 Å². The summed E-state index contributed by atoms with van der Waals surface area (Å²) in [5.74, 6) is 0.940. The molecule has 0 aliphatic carbocycles. The van der Waals surface area contributed by atoms with Gasteiger partial charge in [-0.05, 0) is 31.7 Å². The van der Waals surface area contributed by atoms with Crippen molar-refractivity contribution in [3.8, 4) is 17.0 Å². The Labute approximate surface area is 125 Å². The molecule has 1 N–H and O–H groups in total. The summed E-state index contributed by atoms with van der Waals surface area (Å²) in [5, 5.41) is 3.65. The van der Waals surface area contributed by atoms with Crippen LogP contribution in [0.4, 0.5) is 0 Å². The number of piperidine rings is 1. The molecule has 2 aliphatic rings. The van der Waals surface area contributed by atoms with Gasteiger partial charge < -0.3 is 10.1 Å². The minimum atomic E-state index is 0.342. The summed E-state index contributed by atoms with van der Waals surface area (Å²) in [5.41, 5.74) is 2.11. The van der Waals surface area contributed by atoms with Crippen molar-refractivity contribution < 1.29 is 4.74 Å². The maximum absolute atomic E-state index is 6.22. The van der Waals surface area contributed by atoms with Crippen LogP contribution in [0.1, 0.15) is 25.7 Å². The van der Waals surface area contributed by atoms with Crippen LogP contribution in [-0.2, 0) is 0 Å². The molecule has 0 spiro atoms. The third kappa shape index (κ3) is 2.79. The lowest BCUT2D eigenvalue weighted by atomic mass is 10.0. The van der Waals surface area contributed by atoms with E-state index in [0.29, 0.717) is 18.2 Å². The molecule has 108 valence electrons. The quantitative estimate of drug-likeness (QED) is 0.935. The third-order valence-corrected chi connectivity index (χ3v) is 4.53. The van der Waals surface area contributed by atoms with Gasteiger partial charge in [-0.1, -0.05) is 30.3 Å². The lowest BCUT2D eigenvalue weighted by Gasteiger charge is -2.29. The van der Waals surface area contributed by atoms with Crippen molar-refractivity contribution in [1.82, 2.24) is 10.3 Å². The number of hydrogen-bond donors (Lipinski definition) is 1. The highest BCUT2D eigenvalue weighted by Gasteiger charge is 2.34. The van der Waals surface area contributed by atoms with Crippen molar-refractivity contribution in [2.24, 2.45) is 0 Å². The van der Waals surface area contributed by atoms with Gasteiger partial charge in [0.05, 0.1) is 5.69 Å². The molecule has 2 aliphatic heterocycles. The van der Waals surface area contributed by atoms with Gasteiger partial charge >= 0.3 is 0 Å². The highest BCUT2D eigenvalue weighted by molar-refractivity contribution is 5.60. The van der Waals surface area contributed by atoms with Gasteiger partial charge in [-0.15, -0.1) is 0 Å². The van der Waals surface area contributed by atoms with Gasteiger partial charge in [-0.2, -0.15) is 0 Å². The minimum absolute atomic E-state index is 0.342. The molecule has 1 aromatic heterocycles. The first-order valence-electron chi connectivity index (χ1n) is 7.81. The summed E-state index contributed by atoms with van der Waals surface area (Å²) in [7, 11) is 0. The molecule has 2 bridgehead atoms. The molecule has 3 heteroatoms. The van der Waals surface area contributed by atoms with Crippen LogP contribution in [0.25, 0.3) is 11.3 Å². The highest BCUT2D eigenvalue weighted by Crippen LogP contribution is 2.30. The van der Waals surface area contributed by atoms with Gasteiger partial charge in [-0.25, -0.2) is 0 Å². The minimum Gasteiger partial charge on any atom is -0.490 e. The van der Waals surface area contributed by atoms with E-state index in [0.717, 1.165) is 29.8 Å². The van der Waals surface area contributed by atoms with Gasteiger partial charge in [0.1, 0.15) is 11.9 Å². The van der Waals surface area contributed by atoms with Crippen molar-refractivity contribution in [3.05, 3.63) is 48.7 Å². The molecule has 1 aromatic carbocycles. The van der Waals surface area contributed by atoms with Crippen molar-refractivity contribution in [2.75, 3.05) is 0 Å². The summed E-state index contributed by atoms with van der Waals surface area (Å²) >= 11 is 0. The van der Waals surface area contributed by atoms with Gasteiger partial charge in [0.15, 0.2) is 0 Å². The Morgan fingerprint density at radius 3 is 2.52 bits per heavy atom. The number of benzene rings is 1. The molecule has 0 amide bonds. The zero-order valence-corrected chi connectivity index (χ0v) is 12.0. The topological polar surface area (TPSA) is 34.1 Å². The van der Waals surface area contributed by atoms with Crippen molar-refractivity contribution >= 4 is 0 Å². The van der Waals surface area contributed by atoms with Crippen LogP contribution < -0.4 is 10.1 Å². The first kappa shape index (κ1) is 12.8. The van der Waals surface area contributed by atoms with E-state index in [1.165, 1.54) is 12.8 Å². The average molecular weight is 280 g/mol. The van der Waals surface area contributed by atoms with E-state index in [2.05, 4.69) is 28.5 Å². The number of nitrogens with zero attached hydrogens (tertiary/aromatic N) is 1. The van der Waals surface area contributed by atoms with E-state index >= 15 is 0 Å². The number of aromatic nitrogens is 1. The van der Waals surface area contributed by atoms with Crippen LogP contribution in [0.2, 0.25) is 0 Å². The number of ether oxygens (including phenoxy) is 1. The Hall–Kier alpha value is -1.87. The molecular weight excluding hydrogens is 260 g/mol.